The topological polar surface area (TPSA) is 49.4 Å². The van der Waals surface area contributed by atoms with E-state index in [1.165, 1.54) is 32.6 Å². The van der Waals surface area contributed by atoms with Crippen LogP contribution in [0.25, 0.3) is 0 Å². The summed E-state index contributed by atoms with van der Waals surface area (Å²) in [6.07, 6.45) is 6.97. The van der Waals surface area contributed by atoms with Gasteiger partial charge in [-0.2, -0.15) is 0 Å². The van der Waals surface area contributed by atoms with Gasteiger partial charge in [0.05, 0.1) is 0 Å². The average Bonchev–Trinajstić information content (AvgIpc) is 2.81. The van der Waals surface area contributed by atoms with E-state index in [0.717, 1.165) is 24.1 Å². The van der Waals surface area contributed by atoms with E-state index in [2.05, 4.69) is 19.2 Å². The van der Waals surface area contributed by atoms with Crippen LogP contribution in [0.15, 0.2) is 24.3 Å². The van der Waals surface area contributed by atoms with Gasteiger partial charge in [-0.1, -0.05) is 57.7 Å². The summed E-state index contributed by atoms with van der Waals surface area (Å²) in [6.45, 7) is 5.82. The van der Waals surface area contributed by atoms with Gasteiger partial charge in [0.25, 0.3) is 0 Å². The molecule has 0 aliphatic heterocycles. The minimum absolute atomic E-state index is 0.0596. The highest BCUT2D eigenvalue weighted by Gasteiger charge is 2.21. The summed E-state index contributed by atoms with van der Waals surface area (Å²) in [5.74, 6) is 0.141. The lowest BCUT2D eigenvalue weighted by Crippen LogP contribution is -2.44. The van der Waals surface area contributed by atoms with Crippen LogP contribution in [-0.2, 0) is 9.59 Å². The first-order chi connectivity index (χ1) is 11.5. The Morgan fingerprint density at radius 1 is 1.12 bits per heavy atom. The highest BCUT2D eigenvalue weighted by Crippen LogP contribution is 2.27. The fraction of sp³-hybridized carbons (Fsp3) is 0.600. The van der Waals surface area contributed by atoms with Gasteiger partial charge in [0, 0.05) is 18.7 Å². The number of amides is 2. The van der Waals surface area contributed by atoms with Crippen LogP contribution in [-0.4, -0.2) is 24.4 Å². The summed E-state index contributed by atoms with van der Waals surface area (Å²) in [7, 11) is 0. The van der Waals surface area contributed by atoms with Gasteiger partial charge in [0.15, 0.2) is 0 Å². The Balaban J connectivity index is 2.08. The van der Waals surface area contributed by atoms with Crippen LogP contribution >= 0.6 is 0 Å². The standard InChI is InChI=1S/C20H30N2O2/c1-15(2)18-12-8-9-13-19(18)22(16(3)23)14-20(24)21-17-10-6-4-5-7-11-17/h8-9,12-13,15,17H,4-7,10-11,14H2,1-3H3,(H,21,24). The van der Waals surface area contributed by atoms with E-state index < -0.39 is 0 Å². The van der Waals surface area contributed by atoms with Crippen molar-refractivity contribution in [1.82, 2.24) is 5.32 Å². The molecule has 0 saturated heterocycles. The Hall–Kier alpha value is -1.84. The van der Waals surface area contributed by atoms with Crippen LogP contribution in [0.2, 0.25) is 0 Å². The molecule has 0 unspecified atom stereocenters. The van der Waals surface area contributed by atoms with Crippen molar-refractivity contribution < 1.29 is 9.59 Å². The lowest BCUT2D eigenvalue weighted by atomic mass is 10.0. The largest absolute Gasteiger partial charge is 0.352 e. The first-order valence-corrected chi connectivity index (χ1v) is 9.15. The van der Waals surface area contributed by atoms with E-state index in [9.17, 15) is 9.59 Å². The molecule has 0 aromatic heterocycles. The molecule has 1 saturated carbocycles. The molecule has 0 heterocycles. The molecule has 0 bridgehead atoms. The summed E-state index contributed by atoms with van der Waals surface area (Å²) in [6, 6.07) is 8.10. The molecular weight excluding hydrogens is 300 g/mol. The average molecular weight is 330 g/mol. The fourth-order valence-corrected chi connectivity index (χ4v) is 3.43. The number of anilines is 1. The van der Waals surface area contributed by atoms with Gasteiger partial charge in [-0.25, -0.2) is 0 Å². The van der Waals surface area contributed by atoms with Crippen molar-refractivity contribution in [1.29, 1.82) is 0 Å². The van der Waals surface area contributed by atoms with E-state index in [4.69, 9.17) is 0 Å². The van der Waals surface area contributed by atoms with Crippen LogP contribution < -0.4 is 10.2 Å². The van der Waals surface area contributed by atoms with Crippen LogP contribution in [0.5, 0.6) is 0 Å². The molecule has 0 spiro atoms. The van der Waals surface area contributed by atoms with Crippen LogP contribution in [0.4, 0.5) is 5.69 Å². The maximum atomic E-state index is 12.5. The zero-order valence-electron chi connectivity index (χ0n) is 15.2. The van der Waals surface area contributed by atoms with E-state index in [1.807, 2.05) is 24.3 Å². The normalized spacial score (nSPS) is 15.8. The minimum atomic E-state index is -0.0980. The summed E-state index contributed by atoms with van der Waals surface area (Å²) in [5.41, 5.74) is 1.94. The minimum Gasteiger partial charge on any atom is -0.352 e. The van der Waals surface area contributed by atoms with Gasteiger partial charge in [-0.3, -0.25) is 9.59 Å². The van der Waals surface area contributed by atoms with Crippen molar-refractivity contribution in [2.24, 2.45) is 0 Å². The first kappa shape index (κ1) is 18.5. The van der Waals surface area contributed by atoms with Crippen LogP contribution in [0.1, 0.15) is 70.8 Å². The zero-order chi connectivity index (χ0) is 17.5. The predicted molar refractivity (Wildman–Crippen MR) is 98.2 cm³/mol. The Morgan fingerprint density at radius 2 is 1.75 bits per heavy atom. The van der Waals surface area contributed by atoms with Crippen molar-refractivity contribution in [2.45, 2.75) is 71.3 Å². The maximum Gasteiger partial charge on any atom is 0.240 e. The Morgan fingerprint density at radius 3 is 2.33 bits per heavy atom. The second kappa shape index (κ2) is 8.86. The molecule has 1 fully saturated rings. The molecule has 24 heavy (non-hydrogen) atoms. The molecule has 4 heteroatoms. The number of hydrogen-bond acceptors (Lipinski definition) is 2. The summed E-state index contributed by atoms with van der Waals surface area (Å²) < 4.78 is 0. The van der Waals surface area contributed by atoms with Crippen molar-refractivity contribution >= 4 is 17.5 Å². The third-order valence-electron chi connectivity index (χ3n) is 4.75. The van der Waals surface area contributed by atoms with Crippen LogP contribution in [0, 0.1) is 0 Å². The van der Waals surface area contributed by atoms with Gasteiger partial charge >= 0.3 is 0 Å². The SMILES string of the molecule is CC(=O)N(CC(=O)NC1CCCCCC1)c1ccccc1C(C)C. The highest BCUT2D eigenvalue weighted by molar-refractivity contribution is 5.98. The number of hydrogen-bond donors (Lipinski definition) is 1. The molecule has 132 valence electrons. The van der Waals surface area contributed by atoms with Crippen molar-refractivity contribution in [3.05, 3.63) is 29.8 Å². The molecule has 2 amide bonds. The fourth-order valence-electron chi connectivity index (χ4n) is 3.43. The molecule has 1 aromatic carbocycles. The molecule has 1 N–H and O–H groups in total. The predicted octanol–water partition coefficient (Wildman–Crippen LogP) is 4.00. The monoisotopic (exact) mass is 330 g/mol. The second-order valence-electron chi connectivity index (χ2n) is 7.07. The second-order valence-corrected chi connectivity index (χ2v) is 7.07. The van der Waals surface area contributed by atoms with E-state index in [1.54, 1.807) is 4.90 Å². The van der Waals surface area contributed by atoms with Gasteiger partial charge in [0.1, 0.15) is 6.54 Å². The number of carbonyl (C=O) groups is 2. The van der Waals surface area contributed by atoms with Crippen molar-refractivity contribution in [2.75, 3.05) is 11.4 Å². The lowest BCUT2D eigenvalue weighted by Gasteiger charge is -2.26. The number of para-hydroxylation sites is 1. The Kier molecular flexibility index (Phi) is 6.83. The maximum absolute atomic E-state index is 12.5. The molecule has 0 radical (unpaired) electrons. The summed E-state index contributed by atoms with van der Waals surface area (Å²) in [5, 5.41) is 3.13. The molecule has 4 nitrogen and oxygen atoms in total. The van der Waals surface area contributed by atoms with E-state index in [-0.39, 0.29) is 24.4 Å². The highest BCUT2D eigenvalue weighted by atomic mass is 16.2. The van der Waals surface area contributed by atoms with Crippen molar-refractivity contribution in [3.63, 3.8) is 0 Å². The van der Waals surface area contributed by atoms with E-state index in [0.29, 0.717) is 5.92 Å². The van der Waals surface area contributed by atoms with Gasteiger partial charge in [-0.15, -0.1) is 0 Å². The van der Waals surface area contributed by atoms with Gasteiger partial charge in [-0.05, 0) is 30.4 Å². The van der Waals surface area contributed by atoms with Gasteiger partial charge < -0.3 is 10.2 Å². The number of rotatable bonds is 5. The third-order valence-corrected chi connectivity index (χ3v) is 4.75. The Bertz CT molecular complexity index is 561. The summed E-state index contributed by atoms with van der Waals surface area (Å²) in [4.78, 5) is 26.2. The number of nitrogens with zero attached hydrogens (tertiary/aromatic N) is 1. The number of benzene rings is 1. The van der Waals surface area contributed by atoms with Crippen LogP contribution in [0.3, 0.4) is 0 Å². The molecule has 1 aromatic rings. The smallest absolute Gasteiger partial charge is 0.240 e. The molecule has 2 rings (SSSR count). The zero-order valence-corrected chi connectivity index (χ0v) is 15.2. The van der Waals surface area contributed by atoms with Crippen molar-refractivity contribution in [3.8, 4) is 0 Å². The molecule has 0 atom stereocenters. The molecular formula is C20H30N2O2. The first-order valence-electron chi connectivity index (χ1n) is 9.15. The summed E-state index contributed by atoms with van der Waals surface area (Å²) >= 11 is 0. The van der Waals surface area contributed by atoms with Gasteiger partial charge in [0.2, 0.25) is 11.8 Å². The third kappa shape index (κ3) is 5.08. The lowest BCUT2D eigenvalue weighted by molar-refractivity contribution is -0.123. The number of carbonyl (C=O) groups excluding carboxylic acids is 2. The molecule has 1 aliphatic carbocycles. The quantitative estimate of drug-likeness (QED) is 0.830. The van der Waals surface area contributed by atoms with E-state index >= 15 is 0 Å². The Labute approximate surface area is 145 Å². The number of nitrogens with one attached hydrogen (secondary N) is 1. The molecule has 1 aliphatic rings.